The van der Waals surface area contributed by atoms with Gasteiger partial charge >= 0.3 is 0 Å². The third-order valence-corrected chi connectivity index (χ3v) is 5.28. The Morgan fingerprint density at radius 1 is 1.00 bits per heavy atom. The molecule has 112 valence electrons. The Morgan fingerprint density at radius 3 is 2.71 bits per heavy atom. The molecular formula is C18H23NO2. The SMILES string of the molecule is Nc1ccc2c(c1)CC/C2=C1\CCOC2(CCOCC2)C1. The number of allylic oxidation sites excluding steroid dienone is 1. The first kappa shape index (κ1) is 13.4. The summed E-state index contributed by atoms with van der Waals surface area (Å²) in [4.78, 5) is 0. The van der Waals surface area contributed by atoms with Crippen LogP contribution < -0.4 is 5.73 Å². The molecule has 2 saturated heterocycles. The monoisotopic (exact) mass is 285 g/mol. The van der Waals surface area contributed by atoms with Gasteiger partial charge in [-0.1, -0.05) is 11.6 Å². The molecular weight excluding hydrogens is 262 g/mol. The summed E-state index contributed by atoms with van der Waals surface area (Å²) < 4.78 is 11.7. The van der Waals surface area contributed by atoms with E-state index >= 15 is 0 Å². The summed E-state index contributed by atoms with van der Waals surface area (Å²) in [6.45, 7) is 2.55. The van der Waals surface area contributed by atoms with Gasteiger partial charge < -0.3 is 15.2 Å². The van der Waals surface area contributed by atoms with E-state index in [9.17, 15) is 0 Å². The summed E-state index contributed by atoms with van der Waals surface area (Å²) in [7, 11) is 0. The number of nitrogens with two attached hydrogens (primary N) is 1. The molecule has 2 heterocycles. The number of nitrogen functional groups attached to an aromatic ring is 1. The van der Waals surface area contributed by atoms with Crippen molar-refractivity contribution in [3.8, 4) is 0 Å². The third-order valence-electron chi connectivity index (χ3n) is 5.28. The number of anilines is 1. The van der Waals surface area contributed by atoms with Crippen molar-refractivity contribution in [1.29, 1.82) is 0 Å². The van der Waals surface area contributed by atoms with E-state index in [0.29, 0.717) is 0 Å². The van der Waals surface area contributed by atoms with E-state index < -0.39 is 0 Å². The molecule has 4 rings (SSSR count). The number of hydrogen-bond acceptors (Lipinski definition) is 3. The van der Waals surface area contributed by atoms with Gasteiger partial charge in [-0.25, -0.2) is 0 Å². The highest BCUT2D eigenvalue weighted by atomic mass is 16.5. The van der Waals surface area contributed by atoms with Crippen molar-refractivity contribution in [3.05, 3.63) is 34.9 Å². The lowest BCUT2D eigenvalue weighted by molar-refractivity contribution is -0.121. The second-order valence-electron chi connectivity index (χ2n) is 6.57. The molecule has 0 amide bonds. The average Bonchev–Trinajstić information content (AvgIpc) is 2.91. The van der Waals surface area contributed by atoms with Crippen molar-refractivity contribution in [3.63, 3.8) is 0 Å². The zero-order valence-electron chi connectivity index (χ0n) is 12.5. The second-order valence-corrected chi connectivity index (χ2v) is 6.57. The predicted octanol–water partition coefficient (Wildman–Crippen LogP) is 3.33. The van der Waals surface area contributed by atoms with Crippen LogP contribution in [-0.2, 0) is 15.9 Å². The summed E-state index contributed by atoms with van der Waals surface area (Å²) in [6.07, 6.45) is 6.56. The van der Waals surface area contributed by atoms with Crippen molar-refractivity contribution in [1.82, 2.24) is 0 Å². The van der Waals surface area contributed by atoms with Crippen LogP contribution in [0.3, 0.4) is 0 Å². The molecule has 3 heteroatoms. The molecule has 2 N–H and O–H groups in total. The minimum absolute atomic E-state index is 0.0510. The number of rotatable bonds is 0. The van der Waals surface area contributed by atoms with Gasteiger partial charge in [0.15, 0.2) is 0 Å². The van der Waals surface area contributed by atoms with E-state index in [1.807, 2.05) is 6.07 Å². The zero-order valence-corrected chi connectivity index (χ0v) is 12.5. The van der Waals surface area contributed by atoms with E-state index in [1.165, 1.54) is 17.5 Å². The van der Waals surface area contributed by atoms with Crippen LogP contribution in [0.15, 0.2) is 23.8 Å². The lowest BCUT2D eigenvalue weighted by atomic mass is 9.81. The average molecular weight is 285 g/mol. The Bertz CT molecular complexity index is 579. The van der Waals surface area contributed by atoms with Gasteiger partial charge in [0, 0.05) is 31.7 Å². The third kappa shape index (κ3) is 2.39. The highest BCUT2D eigenvalue weighted by Gasteiger charge is 2.38. The maximum absolute atomic E-state index is 6.17. The molecule has 1 spiro atoms. The van der Waals surface area contributed by atoms with Crippen LogP contribution in [-0.4, -0.2) is 25.4 Å². The molecule has 2 fully saturated rings. The summed E-state index contributed by atoms with van der Waals surface area (Å²) in [5.41, 5.74) is 12.9. The fourth-order valence-corrected chi connectivity index (χ4v) is 4.12. The molecule has 21 heavy (non-hydrogen) atoms. The normalized spacial score (nSPS) is 27.8. The Kier molecular flexibility index (Phi) is 3.27. The second kappa shape index (κ2) is 5.15. The van der Waals surface area contributed by atoms with Crippen LogP contribution in [0.1, 0.15) is 43.2 Å². The van der Waals surface area contributed by atoms with Crippen molar-refractivity contribution in [2.75, 3.05) is 25.6 Å². The topological polar surface area (TPSA) is 44.5 Å². The molecule has 0 aromatic heterocycles. The Labute approximate surface area is 126 Å². The van der Waals surface area contributed by atoms with Gasteiger partial charge in [0.1, 0.15) is 0 Å². The number of aryl methyl sites for hydroxylation is 1. The van der Waals surface area contributed by atoms with Gasteiger partial charge in [-0.3, -0.25) is 0 Å². The van der Waals surface area contributed by atoms with Gasteiger partial charge in [0.05, 0.1) is 12.2 Å². The van der Waals surface area contributed by atoms with Gasteiger partial charge in [0.2, 0.25) is 0 Å². The molecule has 1 aromatic rings. The smallest absolute Gasteiger partial charge is 0.0763 e. The van der Waals surface area contributed by atoms with Crippen LogP contribution in [0.25, 0.3) is 5.57 Å². The van der Waals surface area contributed by atoms with Crippen molar-refractivity contribution < 1.29 is 9.47 Å². The first-order valence-corrected chi connectivity index (χ1v) is 8.07. The fraction of sp³-hybridized carbons (Fsp3) is 0.556. The molecule has 3 aliphatic rings. The Hall–Kier alpha value is -1.32. The molecule has 3 nitrogen and oxygen atoms in total. The molecule has 0 saturated carbocycles. The molecule has 2 aliphatic heterocycles. The predicted molar refractivity (Wildman–Crippen MR) is 84.1 cm³/mol. The number of hydrogen-bond donors (Lipinski definition) is 1. The fourth-order valence-electron chi connectivity index (χ4n) is 4.12. The zero-order chi connectivity index (χ0) is 14.3. The maximum Gasteiger partial charge on any atom is 0.0763 e. The van der Waals surface area contributed by atoms with Gasteiger partial charge in [0.25, 0.3) is 0 Å². The number of ether oxygens (including phenoxy) is 2. The largest absolute Gasteiger partial charge is 0.399 e. The van der Waals surface area contributed by atoms with E-state index in [0.717, 1.165) is 57.6 Å². The minimum Gasteiger partial charge on any atom is -0.399 e. The molecule has 0 atom stereocenters. The van der Waals surface area contributed by atoms with E-state index in [4.69, 9.17) is 15.2 Å². The Balaban J connectivity index is 1.67. The van der Waals surface area contributed by atoms with Crippen LogP contribution in [0, 0.1) is 0 Å². The summed E-state index contributed by atoms with van der Waals surface area (Å²) in [5.74, 6) is 0. The van der Waals surface area contributed by atoms with Gasteiger partial charge in [-0.15, -0.1) is 0 Å². The molecule has 0 unspecified atom stereocenters. The first-order chi connectivity index (χ1) is 10.3. The summed E-state index contributed by atoms with van der Waals surface area (Å²) >= 11 is 0. The lowest BCUT2D eigenvalue weighted by Crippen LogP contribution is -2.42. The van der Waals surface area contributed by atoms with Crippen molar-refractivity contribution in [2.45, 2.75) is 44.1 Å². The van der Waals surface area contributed by atoms with Crippen LogP contribution in [0.4, 0.5) is 5.69 Å². The molecule has 0 bridgehead atoms. The van der Waals surface area contributed by atoms with Crippen LogP contribution in [0.2, 0.25) is 0 Å². The number of fused-ring (bicyclic) bond motifs is 1. The van der Waals surface area contributed by atoms with Gasteiger partial charge in [-0.2, -0.15) is 0 Å². The highest BCUT2D eigenvalue weighted by molar-refractivity contribution is 5.76. The van der Waals surface area contributed by atoms with E-state index in [2.05, 4.69) is 12.1 Å². The van der Waals surface area contributed by atoms with Crippen molar-refractivity contribution in [2.24, 2.45) is 0 Å². The summed E-state index contributed by atoms with van der Waals surface area (Å²) in [5, 5.41) is 0. The quantitative estimate of drug-likeness (QED) is 0.744. The molecule has 0 radical (unpaired) electrons. The molecule has 1 aromatic carbocycles. The minimum atomic E-state index is 0.0510. The Morgan fingerprint density at radius 2 is 1.86 bits per heavy atom. The van der Waals surface area contributed by atoms with E-state index in [1.54, 1.807) is 11.1 Å². The maximum atomic E-state index is 6.17. The van der Waals surface area contributed by atoms with Crippen LogP contribution in [0.5, 0.6) is 0 Å². The highest BCUT2D eigenvalue weighted by Crippen LogP contribution is 2.43. The number of benzene rings is 1. The first-order valence-electron chi connectivity index (χ1n) is 8.07. The van der Waals surface area contributed by atoms with E-state index in [-0.39, 0.29) is 5.60 Å². The lowest BCUT2D eigenvalue weighted by Gasteiger charge is -2.41. The van der Waals surface area contributed by atoms with Crippen molar-refractivity contribution >= 4 is 11.3 Å². The van der Waals surface area contributed by atoms with Gasteiger partial charge in [-0.05, 0) is 54.5 Å². The standard InChI is InChI=1S/C18H23NO2/c19-15-2-4-16-13(11-15)1-3-17(16)14-5-8-21-18(12-14)6-9-20-10-7-18/h2,4,11H,1,3,5-10,12,19H2/b17-14-. The molecule has 1 aliphatic carbocycles. The van der Waals surface area contributed by atoms with Crippen LogP contribution >= 0.6 is 0 Å². The summed E-state index contributed by atoms with van der Waals surface area (Å²) in [6, 6.07) is 6.40.